The fourth-order valence-corrected chi connectivity index (χ4v) is 4.55. The van der Waals surface area contributed by atoms with E-state index in [1.807, 2.05) is 6.92 Å². The average molecular weight is 424 g/mol. The Morgan fingerprint density at radius 3 is 2.43 bits per heavy atom. The molecule has 2 heterocycles. The van der Waals surface area contributed by atoms with Crippen molar-refractivity contribution in [3.05, 3.63) is 0 Å². The van der Waals surface area contributed by atoms with E-state index in [1.165, 1.54) is 0 Å². The van der Waals surface area contributed by atoms with E-state index in [-0.39, 0.29) is 55.9 Å². The van der Waals surface area contributed by atoms with Crippen LogP contribution in [0.3, 0.4) is 0 Å². The molecular formula is C22H32O8. The second-order valence-electron chi connectivity index (χ2n) is 9.29. The molecule has 0 amide bonds. The van der Waals surface area contributed by atoms with E-state index in [9.17, 15) is 19.2 Å². The van der Waals surface area contributed by atoms with Crippen LogP contribution < -0.4 is 0 Å². The summed E-state index contributed by atoms with van der Waals surface area (Å²) in [5.41, 5.74) is -0.571. The van der Waals surface area contributed by atoms with Crippen LogP contribution in [0.25, 0.3) is 0 Å². The van der Waals surface area contributed by atoms with E-state index in [4.69, 9.17) is 18.9 Å². The SMILES string of the molecule is CCC(C)(C)C(=O)OCCOC(=O)CCC(=O)OC1C2CC3CC(C2)C(=O)OC1C3. The number of carbonyl (C=O) groups excluding carboxylic acids is 4. The van der Waals surface area contributed by atoms with Crippen molar-refractivity contribution in [2.75, 3.05) is 13.2 Å². The van der Waals surface area contributed by atoms with Gasteiger partial charge in [-0.15, -0.1) is 0 Å². The van der Waals surface area contributed by atoms with Gasteiger partial charge in [0.1, 0.15) is 25.4 Å². The van der Waals surface area contributed by atoms with E-state index in [0.717, 1.165) is 19.3 Å². The first-order valence-corrected chi connectivity index (χ1v) is 10.9. The molecular weight excluding hydrogens is 392 g/mol. The highest BCUT2D eigenvalue weighted by Crippen LogP contribution is 2.48. The van der Waals surface area contributed by atoms with Gasteiger partial charge in [0, 0.05) is 5.92 Å². The van der Waals surface area contributed by atoms with Crippen LogP contribution in [0.1, 0.15) is 65.7 Å². The van der Waals surface area contributed by atoms with E-state index in [0.29, 0.717) is 18.8 Å². The second kappa shape index (κ2) is 9.35. The Hall–Kier alpha value is -2.12. The van der Waals surface area contributed by atoms with Crippen molar-refractivity contribution in [2.45, 2.75) is 77.9 Å². The molecule has 0 aromatic rings. The summed E-state index contributed by atoms with van der Waals surface area (Å²) in [6.07, 6.45) is 2.94. The topological polar surface area (TPSA) is 105 Å². The van der Waals surface area contributed by atoms with E-state index >= 15 is 0 Å². The number of hydrogen-bond donors (Lipinski definition) is 0. The molecule has 2 saturated carbocycles. The first-order chi connectivity index (χ1) is 14.2. The summed E-state index contributed by atoms with van der Waals surface area (Å²) in [7, 11) is 0. The van der Waals surface area contributed by atoms with E-state index in [2.05, 4.69) is 0 Å². The molecule has 30 heavy (non-hydrogen) atoms. The largest absolute Gasteiger partial charge is 0.462 e. The molecule has 4 fully saturated rings. The van der Waals surface area contributed by atoms with Crippen LogP contribution >= 0.6 is 0 Å². The van der Waals surface area contributed by atoms with Crippen molar-refractivity contribution < 1.29 is 38.1 Å². The van der Waals surface area contributed by atoms with Crippen LogP contribution in [-0.4, -0.2) is 49.3 Å². The summed E-state index contributed by atoms with van der Waals surface area (Å²) in [4.78, 5) is 48.0. The van der Waals surface area contributed by atoms with E-state index in [1.54, 1.807) is 13.8 Å². The summed E-state index contributed by atoms with van der Waals surface area (Å²) >= 11 is 0. The van der Waals surface area contributed by atoms with Crippen molar-refractivity contribution in [1.82, 2.24) is 0 Å². The smallest absolute Gasteiger partial charge is 0.311 e. The zero-order valence-electron chi connectivity index (χ0n) is 18.0. The third-order valence-electron chi connectivity index (χ3n) is 6.66. The highest BCUT2D eigenvalue weighted by molar-refractivity contribution is 5.78. The molecule has 2 aliphatic carbocycles. The zero-order valence-corrected chi connectivity index (χ0v) is 18.0. The summed E-state index contributed by atoms with van der Waals surface area (Å²) < 4.78 is 21.3. The van der Waals surface area contributed by atoms with Gasteiger partial charge in [-0.3, -0.25) is 19.2 Å². The zero-order chi connectivity index (χ0) is 21.9. The molecule has 8 nitrogen and oxygen atoms in total. The van der Waals surface area contributed by atoms with Crippen molar-refractivity contribution in [3.8, 4) is 0 Å². The van der Waals surface area contributed by atoms with Crippen LogP contribution in [0.4, 0.5) is 0 Å². The maximum atomic E-state index is 12.3. The third-order valence-corrected chi connectivity index (χ3v) is 6.66. The van der Waals surface area contributed by atoms with Gasteiger partial charge in [0.25, 0.3) is 0 Å². The number of ether oxygens (including phenoxy) is 4. The lowest BCUT2D eigenvalue weighted by atomic mass is 9.67. The van der Waals surface area contributed by atoms with Crippen LogP contribution in [0.15, 0.2) is 0 Å². The lowest BCUT2D eigenvalue weighted by molar-refractivity contribution is -0.173. The van der Waals surface area contributed by atoms with Gasteiger partial charge >= 0.3 is 23.9 Å². The van der Waals surface area contributed by atoms with Crippen LogP contribution in [-0.2, 0) is 38.1 Å². The van der Waals surface area contributed by atoms with Gasteiger partial charge in [-0.1, -0.05) is 6.92 Å². The molecule has 2 aliphatic heterocycles. The lowest BCUT2D eigenvalue weighted by Crippen LogP contribution is -2.45. The van der Waals surface area contributed by atoms with Crippen LogP contribution in [0, 0.1) is 23.2 Å². The molecule has 0 aromatic carbocycles. The highest BCUT2D eigenvalue weighted by atomic mass is 16.6. The summed E-state index contributed by atoms with van der Waals surface area (Å²) in [6.45, 7) is 5.41. The molecule has 168 valence electrons. The number of fused-ring (bicyclic) bond motifs is 1. The minimum Gasteiger partial charge on any atom is -0.462 e. The summed E-state index contributed by atoms with van der Waals surface area (Å²) in [5, 5.41) is 0. The maximum absolute atomic E-state index is 12.3. The molecule has 0 spiro atoms. The Labute approximate surface area is 176 Å². The number of esters is 4. The fraction of sp³-hybridized carbons (Fsp3) is 0.818. The summed E-state index contributed by atoms with van der Waals surface area (Å²) in [5.74, 6) is -1.00. The molecule has 0 radical (unpaired) electrons. The van der Waals surface area contributed by atoms with Gasteiger partial charge in [-0.2, -0.15) is 0 Å². The summed E-state index contributed by atoms with van der Waals surface area (Å²) in [6, 6.07) is 0. The molecule has 2 saturated heterocycles. The lowest BCUT2D eigenvalue weighted by Gasteiger charge is -2.41. The maximum Gasteiger partial charge on any atom is 0.311 e. The van der Waals surface area contributed by atoms with Gasteiger partial charge in [0.15, 0.2) is 0 Å². The Bertz CT molecular complexity index is 685. The van der Waals surface area contributed by atoms with Crippen molar-refractivity contribution >= 4 is 23.9 Å². The molecule has 0 N–H and O–H groups in total. The quantitative estimate of drug-likeness (QED) is 0.316. The predicted molar refractivity (Wildman–Crippen MR) is 104 cm³/mol. The number of rotatable bonds is 9. The Kier molecular flexibility index (Phi) is 7.03. The second-order valence-corrected chi connectivity index (χ2v) is 9.29. The Morgan fingerprint density at radius 2 is 1.70 bits per heavy atom. The molecule has 5 atom stereocenters. The first-order valence-electron chi connectivity index (χ1n) is 10.9. The molecule has 4 aliphatic rings. The predicted octanol–water partition coefficient (Wildman–Crippen LogP) is 2.56. The van der Waals surface area contributed by atoms with Crippen molar-refractivity contribution in [2.24, 2.45) is 23.2 Å². The first kappa shape index (κ1) is 22.6. The van der Waals surface area contributed by atoms with Crippen LogP contribution in [0.5, 0.6) is 0 Å². The minimum atomic E-state index is -0.571. The molecule has 5 unspecified atom stereocenters. The van der Waals surface area contributed by atoms with Gasteiger partial charge in [-0.05, 0) is 51.9 Å². The van der Waals surface area contributed by atoms with E-state index < -0.39 is 23.5 Å². The molecule has 4 rings (SSSR count). The molecule has 4 bridgehead atoms. The molecule has 8 heteroatoms. The number of carbonyl (C=O) groups is 4. The Morgan fingerprint density at radius 1 is 1.00 bits per heavy atom. The van der Waals surface area contributed by atoms with Crippen LogP contribution in [0.2, 0.25) is 0 Å². The van der Waals surface area contributed by atoms with Gasteiger partial charge in [0.2, 0.25) is 0 Å². The average Bonchev–Trinajstić information content (AvgIpc) is 2.87. The normalized spacial score (nSPS) is 29.7. The standard InChI is InChI=1S/C22H32O8/c1-4-22(2,3)21(26)28-8-7-27-17(23)5-6-18(24)30-19-14-9-13-10-15(12-14)20(25)29-16(19)11-13/h13-16,19H,4-12H2,1-3H3. The van der Waals surface area contributed by atoms with Gasteiger partial charge < -0.3 is 18.9 Å². The third kappa shape index (κ3) is 5.32. The number of hydrogen-bond acceptors (Lipinski definition) is 8. The van der Waals surface area contributed by atoms with Crippen molar-refractivity contribution in [3.63, 3.8) is 0 Å². The molecule has 0 aromatic heterocycles. The Balaban J connectivity index is 1.35. The van der Waals surface area contributed by atoms with Gasteiger partial charge in [-0.25, -0.2) is 0 Å². The van der Waals surface area contributed by atoms with Crippen molar-refractivity contribution in [1.29, 1.82) is 0 Å². The monoisotopic (exact) mass is 424 g/mol. The minimum absolute atomic E-state index is 0.0163. The highest BCUT2D eigenvalue weighted by Gasteiger charge is 2.51. The van der Waals surface area contributed by atoms with Gasteiger partial charge in [0.05, 0.1) is 24.2 Å². The fourth-order valence-electron chi connectivity index (χ4n) is 4.55.